The van der Waals surface area contributed by atoms with Crippen LogP contribution in [0, 0.1) is 11.8 Å². The number of anilines is 1. The largest absolute Gasteiger partial charge is 0.467 e. The van der Waals surface area contributed by atoms with Gasteiger partial charge in [0.2, 0.25) is 11.8 Å². The lowest BCUT2D eigenvalue weighted by Crippen LogP contribution is -2.42. The Hall–Kier alpha value is -2.37. The van der Waals surface area contributed by atoms with Gasteiger partial charge < -0.3 is 15.4 Å². The van der Waals surface area contributed by atoms with Crippen LogP contribution < -0.4 is 10.6 Å². The van der Waals surface area contributed by atoms with E-state index in [0.29, 0.717) is 6.42 Å². The van der Waals surface area contributed by atoms with Crippen molar-refractivity contribution < 1.29 is 19.1 Å². The first-order valence-electron chi connectivity index (χ1n) is 8.53. The minimum Gasteiger partial charge on any atom is -0.467 e. The van der Waals surface area contributed by atoms with Gasteiger partial charge in [0.15, 0.2) is 0 Å². The average molecular weight is 348 g/mol. The van der Waals surface area contributed by atoms with Gasteiger partial charge in [0.25, 0.3) is 0 Å². The van der Waals surface area contributed by atoms with Gasteiger partial charge in [-0.15, -0.1) is 0 Å². The standard InChI is InChI=1S/C19H28N2O4/c1-13(2)10-16(19(24)25-4)21-18(23)12-14(3)11-17(22)20-15-8-6-5-7-9-15/h5-9,13-14,16H,10-12H2,1-4H3,(H,20,22)(H,21,23)/t14-,16+/m1/s1. The Balaban J connectivity index is 2.46. The number of para-hydroxylation sites is 1. The van der Waals surface area contributed by atoms with Crippen LogP contribution in [0.2, 0.25) is 0 Å². The molecule has 0 bridgehead atoms. The number of carbonyl (C=O) groups is 3. The number of ether oxygens (including phenoxy) is 1. The summed E-state index contributed by atoms with van der Waals surface area (Å²) in [5, 5.41) is 5.50. The van der Waals surface area contributed by atoms with Gasteiger partial charge in [0, 0.05) is 18.5 Å². The molecule has 0 radical (unpaired) electrons. The first-order chi connectivity index (χ1) is 11.8. The molecule has 0 saturated heterocycles. The number of carbonyl (C=O) groups excluding carboxylic acids is 3. The van der Waals surface area contributed by atoms with E-state index in [1.54, 1.807) is 0 Å². The second kappa shape index (κ2) is 10.5. The second-order valence-electron chi connectivity index (χ2n) is 6.70. The van der Waals surface area contributed by atoms with E-state index in [9.17, 15) is 14.4 Å². The number of benzene rings is 1. The Morgan fingerprint density at radius 1 is 1.00 bits per heavy atom. The zero-order valence-corrected chi connectivity index (χ0v) is 15.4. The number of nitrogens with one attached hydrogen (secondary N) is 2. The minimum absolute atomic E-state index is 0.138. The molecule has 25 heavy (non-hydrogen) atoms. The predicted octanol–water partition coefficient (Wildman–Crippen LogP) is 2.75. The van der Waals surface area contributed by atoms with E-state index in [2.05, 4.69) is 10.6 Å². The van der Waals surface area contributed by atoms with E-state index in [4.69, 9.17) is 4.74 Å². The van der Waals surface area contributed by atoms with Gasteiger partial charge in [-0.25, -0.2) is 4.79 Å². The number of hydrogen-bond acceptors (Lipinski definition) is 4. The van der Waals surface area contributed by atoms with Crippen LogP contribution in [0.3, 0.4) is 0 Å². The lowest BCUT2D eigenvalue weighted by atomic mass is 10.0. The first kappa shape index (κ1) is 20.7. The smallest absolute Gasteiger partial charge is 0.328 e. The Labute approximate surface area is 149 Å². The zero-order valence-electron chi connectivity index (χ0n) is 15.4. The fraction of sp³-hybridized carbons (Fsp3) is 0.526. The average Bonchev–Trinajstić information content (AvgIpc) is 2.53. The predicted molar refractivity (Wildman–Crippen MR) is 96.9 cm³/mol. The first-order valence-corrected chi connectivity index (χ1v) is 8.53. The van der Waals surface area contributed by atoms with E-state index in [0.717, 1.165) is 5.69 Å². The summed E-state index contributed by atoms with van der Waals surface area (Å²) in [6.45, 7) is 5.77. The summed E-state index contributed by atoms with van der Waals surface area (Å²) in [5.41, 5.74) is 0.729. The maximum atomic E-state index is 12.2. The molecule has 0 aliphatic carbocycles. The maximum Gasteiger partial charge on any atom is 0.328 e. The van der Waals surface area contributed by atoms with E-state index in [1.807, 2.05) is 51.1 Å². The van der Waals surface area contributed by atoms with Gasteiger partial charge in [0.1, 0.15) is 6.04 Å². The summed E-state index contributed by atoms with van der Waals surface area (Å²) < 4.78 is 4.73. The van der Waals surface area contributed by atoms with Gasteiger partial charge in [-0.2, -0.15) is 0 Å². The Kier molecular flexibility index (Phi) is 8.67. The summed E-state index contributed by atoms with van der Waals surface area (Å²) in [6.07, 6.45) is 0.921. The van der Waals surface area contributed by atoms with E-state index < -0.39 is 12.0 Å². The molecule has 0 heterocycles. The van der Waals surface area contributed by atoms with Crippen LogP contribution in [0.15, 0.2) is 30.3 Å². The third-order valence-electron chi connectivity index (χ3n) is 3.65. The molecule has 2 N–H and O–H groups in total. The van der Waals surface area contributed by atoms with Gasteiger partial charge in [-0.3, -0.25) is 9.59 Å². The van der Waals surface area contributed by atoms with Crippen LogP contribution in [0.1, 0.15) is 40.0 Å². The van der Waals surface area contributed by atoms with Crippen molar-refractivity contribution in [3.8, 4) is 0 Å². The summed E-state index contributed by atoms with van der Waals surface area (Å²) in [7, 11) is 1.30. The van der Waals surface area contributed by atoms with Crippen LogP contribution in [-0.2, 0) is 19.1 Å². The molecule has 0 spiro atoms. The quantitative estimate of drug-likeness (QED) is 0.672. The van der Waals surface area contributed by atoms with Crippen LogP contribution in [0.25, 0.3) is 0 Å². The summed E-state index contributed by atoms with van der Waals surface area (Å²) >= 11 is 0. The normalized spacial score (nSPS) is 13.0. The highest BCUT2D eigenvalue weighted by atomic mass is 16.5. The van der Waals surface area contributed by atoms with Crippen molar-refractivity contribution in [1.29, 1.82) is 0 Å². The lowest BCUT2D eigenvalue weighted by molar-refractivity contribution is -0.145. The van der Waals surface area contributed by atoms with E-state index in [-0.39, 0.29) is 36.5 Å². The molecule has 1 rings (SSSR count). The molecular formula is C19H28N2O4. The molecule has 0 aliphatic heterocycles. The minimum atomic E-state index is -0.650. The molecule has 0 aliphatic rings. The van der Waals surface area contributed by atoms with Crippen molar-refractivity contribution >= 4 is 23.5 Å². The second-order valence-corrected chi connectivity index (χ2v) is 6.70. The fourth-order valence-electron chi connectivity index (χ4n) is 2.52. The zero-order chi connectivity index (χ0) is 18.8. The van der Waals surface area contributed by atoms with Crippen LogP contribution in [0.4, 0.5) is 5.69 Å². The van der Waals surface area contributed by atoms with Crippen molar-refractivity contribution in [3.63, 3.8) is 0 Å². The van der Waals surface area contributed by atoms with Crippen LogP contribution in [-0.4, -0.2) is 30.9 Å². The molecule has 0 fully saturated rings. The van der Waals surface area contributed by atoms with E-state index in [1.165, 1.54) is 7.11 Å². The Morgan fingerprint density at radius 2 is 1.60 bits per heavy atom. The summed E-state index contributed by atoms with van der Waals surface area (Å²) in [4.78, 5) is 35.9. The molecule has 6 nitrogen and oxygen atoms in total. The lowest BCUT2D eigenvalue weighted by Gasteiger charge is -2.19. The van der Waals surface area contributed by atoms with Crippen molar-refractivity contribution in [2.45, 2.75) is 46.1 Å². The molecule has 0 unspecified atom stereocenters. The molecule has 0 aromatic heterocycles. The number of esters is 1. The highest BCUT2D eigenvalue weighted by molar-refractivity contribution is 5.91. The fourth-order valence-corrected chi connectivity index (χ4v) is 2.52. The molecule has 1 aromatic rings. The number of amides is 2. The van der Waals surface area contributed by atoms with Gasteiger partial charge in [0.05, 0.1) is 7.11 Å². The third-order valence-corrected chi connectivity index (χ3v) is 3.65. The third kappa shape index (κ3) is 8.33. The van der Waals surface area contributed by atoms with Crippen LogP contribution in [0.5, 0.6) is 0 Å². The molecule has 0 saturated carbocycles. The Bertz CT molecular complexity index is 572. The number of hydrogen-bond donors (Lipinski definition) is 2. The molecule has 138 valence electrons. The van der Waals surface area contributed by atoms with Crippen LogP contribution >= 0.6 is 0 Å². The summed E-state index contributed by atoms with van der Waals surface area (Å²) in [6, 6.07) is 8.52. The van der Waals surface area contributed by atoms with Gasteiger partial charge >= 0.3 is 5.97 Å². The van der Waals surface area contributed by atoms with Crippen molar-refractivity contribution in [2.75, 3.05) is 12.4 Å². The Morgan fingerprint density at radius 3 is 2.16 bits per heavy atom. The molecule has 1 aromatic carbocycles. The van der Waals surface area contributed by atoms with Crippen molar-refractivity contribution in [3.05, 3.63) is 30.3 Å². The SMILES string of the molecule is COC(=O)[C@H](CC(C)C)NC(=O)C[C@H](C)CC(=O)Nc1ccccc1. The molecule has 2 amide bonds. The molecule has 6 heteroatoms. The van der Waals surface area contributed by atoms with E-state index >= 15 is 0 Å². The van der Waals surface area contributed by atoms with Crippen molar-refractivity contribution in [1.82, 2.24) is 5.32 Å². The monoisotopic (exact) mass is 348 g/mol. The summed E-state index contributed by atoms with van der Waals surface area (Å²) in [5.74, 6) is -0.731. The van der Waals surface area contributed by atoms with Crippen molar-refractivity contribution in [2.24, 2.45) is 11.8 Å². The van der Waals surface area contributed by atoms with Gasteiger partial charge in [-0.1, -0.05) is 39.0 Å². The topological polar surface area (TPSA) is 84.5 Å². The molecule has 2 atom stereocenters. The highest BCUT2D eigenvalue weighted by Crippen LogP contribution is 2.12. The highest BCUT2D eigenvalue weighted by Gasteiger charge is 2.23. The number of rotatable bonds is 9. The maximum absolute atomic E-state index is 12.2. The number of methoxy groups -OCH3 is 1. The van der Waals surface area contributed by atoms with Gasteiger partial charge in [-0.05, 0) is 30.4 Å². The molecular weight excluding hydrogens is 320 g/mol.